The van der Waals surface area contributed by atoms with Gasteiger partial charge >= 0.3 is 0 Å². The number of pyridine rings is 1. The van der Waals surface area contributed by atoms with Gasteiger partial charge in [-0.2, -0.15) is 0 Å². The van der Waals surface area contributed by atoms with E-state index in [1.807, 2.05) is 54.8 Å². The highest BCUT2D eigenvalue weighted by Crippen LogP contribution is 2.22. The summed E-state index contributed by atoms with van der Waals surface area (Å²) in [6, 6.07) is 13.1. The van der Waals surface area contributed by atoms with Gasteiger partial charge in [0.2, 0.25) is 5.91 Å². The smallest absolute Gasteiger partial charge is 0.226 e. The lowest BCUT2D eigenvalue weighted by atomic mass is 10.1. The number of benzene rings is 1. The number of aromatic nitrogens is 2. The van der Waals surface area contributed by atoms with Crippen LogP contribution < -0.4 is 5.32 Å². The summed E-state index contributed by atoms with van der Waals surface area (Å²) in [4.78, 5) is 21.0. The fraction of sp³-hybridized carbons (Fsp3) is 0.167. The molecule has 1 N–H and O–H groups in total. The Kier molecular flexibility index (Phi) is 5.23. The van der Waals surface area contributed by atoms with Crippen LogP contribution in [0.1, 0.15) is 24.2 Å². The lowest BCUT2D eigenvalue weighted by Crippen LogP contribution is -2.28. The second-order valence-electron chi connectivity index (χ2n) is 5.38. The van der Waals surface area contributed by atoms with Crippen LogP contribution in [0.4, 0.5) is 0 Å². The van der Waals surface area contributed by atoms with Crippen molar-refractivity contribution in [2.45, 2.75) is 19.4 Å². The zero-order valence-corrected chi connectivity index (χ0v) is 14.6. The van der Waals surface area contributed by atoms with E-state index in [2.05, 4.69) is 15.3 Å². The molecular formula is C18H16ClN3OS. The summed E-state index contributed by atoms with van der Waals surface area (Å²) in [5.41, 5.74) is 2.54. The van der Waals surface area contributed by atoms with Crippen LogP contribution in [-0.2, 0) is 11.2 Å². The summed E-state index contributed by atoms with van der Waals surface area (Å²) in [5.74, 6) is -0.0691. The monoisotopic (exact) mass is 357 g/mol. The molecule has 0 fully saturated rings. The topological polar surface area (TPSA) is 54.9 Å². The molecule has 0 saturated heterocycles. The maximum atomic E-state index is 12.2. The third-order valence-corrected chi connectivity index (χ3v) is 4.65. The molecule has 0 unspecified atom stereocenters. The number of hydrogen-bond donors (Lipinski definition) is 1. The van der Waals surface area contributed by atoms with Crippen LogP contribution in [0, 0.1) is 0 Å². The van der Waals surface area contributed by atoms with Crippen molar-refractivity contribution >= 4 is 28.8 Å². The van der Waals surface area contributed by atoms with Gasteiger partial charge in [0.1, 0.15) is 5.01 Å². The number of rotatable bonds is 5. The number of thiazole rings is 1. The van der Waals surface area contributed by atoms with E-state index in [4.69, 9.17) is 11.6 Å². The summed E-state index contributed by atoms with van der Waals surface area (Å²) >= 11 is 7.48. The zero-order valence-electron chi connectivity index (χ0n) is 13.1. The fourth-order valence-corrected chi connectivity index (χ4v) is 3.31. The van der Waals surface area contributed by atoms with Crippen LogP contribution in [0.5, 0.6) is 0 Å². The van der Waals surface area contributed by atoms with Crippen LogP contribution in [0.25, 0.3) is 10.7 Å². The van der Waals surface area contributed by atoms with Crippen LogP contribution in [0.2, 0.25) is 5.02 Å². The Labute approximate surface area is 149 Å². The van der Waals surface area contributed by atoms with Crippen LogP contribution in [0.15, 0.2) is 54.0 Å². The first-order valence-corrected chi connectivity index (χ1v) is 8.78. The van der Waals surface area contributed by atoms with Gasteiger partial charge in [-0.15, -0.1) is 11.3 Å². The molecule has 24 heavy (non-hydrogen) atoms. The molecule has 0 saturated carbocycles. The number of amides is 1. The molecule has 0 radical (unpaired) electrons. The predicted octanol–water partition coefficient (Wildman–Crippen LogP) is 4.28. The summed E-state index contributed by atoms with van der Waals surface area (Å²) in [6.07, 6.45) is 1.98. The number of hydrogen-bond acceptors (Lipinski definition) is 4. The SMILES string of the molecule is C[C@@H](NC(=O)Cc1csc(-c2ccccn2)n1)c1cccc(Cl)c1. The molecule has 0 bridgehead atoms. The van der Waals surface area contributed by atoms with Gasteiger partial charge in [0.15, 0.2) is 0 Å². The zero-order chi connectivity index (χ0) is 16.9. The Hall–Kier alpha value is -2.24. The molecule has 0 aliphatic heterocycles. The van der Waals surface area contributed by atoms with Gasteiger partial charge in [0, 0.05) is 16.6 Å². The first-order chi connectivity index (χ1) is 11.6. The Bertz CT molecular complexity index is 835. The summed E-state index contributed by atoms with van der Waals surface area (Å²) < 4.78 is 0. The summed E-state index contributed by atoms with van der Waals surface area (Å²) in [7, 11) is 0. The van der Waals surface area contributed by atoms with Gasteiger partial charge < -0.3 is 5.32 Å². The maximum Gasteiger partial charge on any atom is 0.226 e. The lowest BCUT2D eigenvalue weighted by molar-refractivity contribution is -0.121. The van der Waals surface area contributed by atoms with Crippen molar-refractivity contribution in [1.82, 2.24) is 15.3 Å². The Morgan fingerprint density at radius 3 is 2.92 bits per heavy atom. The van der Waals surface area contributed by atoms with Crippen molar-refractivity contribution in [2.75, 3.05) is 0 Å². The molecule has 0 aliphatic carbocycles. The van der Waals surface area contributed by atoms with Crippen molar-refractivity contribution in [3.8, 4) is 10.7 Å². The highest BCUT2D eigenvalue weighted by Gasteiger charge is 2.13. The van der Waals surface area contributed by atoms with Crippen molar-refractivity contribution in [2.24, 2.45) is 0 Å². The summed E-state index contributed by atoms with van der Waals surface area (Å²) in [6.45, 7) is 1.93. The van der Waals surface area contributed by atoms with E-state index >= 15 is 0 Å². The molecule has 0 aliphatic rings. The average Bonchev–Trinajstić information content (AvgIpc) is 3.04. The van der Waals surface area contributed by atoms with Crippen molar-refractivity contribution < 1.29 is 4.79 Å². The summed E-state index contributed by atoms with van der Waals surface area (Å²) in [5, 5.41) is 6.35. The highest BCUT2D eigenvalue weighted by atomic mass is 35.5. The molecule has 2 aromatic heterocycles. The van der Waals surface area contributed by atoms with E-state index in [9.17, 15) is 4.79 Å². The van der Waals surface area contributed by atoms with Crippen LogP contribution in [-0.4, -0.2) is 15.9 Å². The standard InChI is InChI=1S/C18H16ClN3OS/c1-12(13-5-4-6-14(19)9-13)21-17(23)10-15-11-24-18(22-15)16-7-2-3-8-20-16/h2-9,11-12H,10H2,1H3,(H,21,23)/t12-/m1/s1. The van der Waals surface area contributed by atoms with E-state index in [1.165, 1.54) is 11.3 Å². The molecule has 1 aromatic carbocycles. The third kappa shape index (κ3) is 4.19. The van der Waals surface area contributed by atoms with E-state index in [0.29, 0.717) is 5.02 Å². The number of carbonyl (C=O) groups is 1. The molecule has 3 rings (SSSR count). The quantitative estimate of drug-likeness (QED) is 0.741. The minimum absolute atomic E-state index is 0.0691. The van der Waals surface area contributed by atoms with E-state index in [-0.39, 0.29) is 18.4 Å². The molecule has 0 spiro atoms. The minimum atomic E-state index is -0.106. The molecule has 6 heteroatoms. The van der Waals surface area contributed by atoms with Crippen molar-refractivity contribution in [3.05, 3.63) is 70.3 Å². The normalized spacial score (nSPS) is 11.9. The fourth-order valence-electron chi connectivity index (χ4n) is 2.31. The van der Waals surface area contributed by atoms with Gasteiger partial charge in [-0.3, -0.25) is 9.78 Å². The molecule has 122 valence electrons. The molecule has 1 amide bonds. The third-order valence-electron chi connectivity index (χ3n) is 3.50. The second kappa shape index (κ2) is 7.55. The molecule has 1 atom stereocenters. The van der Waals surface area contributed by atoms with Crippen molar-refractivity contribution in [1.29, 1.82) is 0 Å². The Morgan fingerprint density at radius 1 is 1.29 bits per heavy atom. The van der Waals surface area contributed by atoms with E-state index in [1.54, 1.807) is 6.20 Å². The number of halogens is 1. The van der Waals surface area contributed by atoms with Crippen LogP contribution >= 0.6 is 22.9 Å². The second-order valence-corrected chi connectivity index (χ2v) is 6.67. The molecular weight excluding hydrogens is 342 g/mol. The van der Waals surface area contributed by atoms with Gasteiger partial charge in [0.25, 0.3) is 0 Å². The molecule has 3 aromatic rings. The molecule has 2 heterocycles. The predicted molar refractivity (Wildman–Crippen MR) is 97.1 cm³/mol. The number of carbonyl (C=O) groups excluding carboxylic acids is 1. The Morgan fingerprint density at radius 2 is 2.17 bits per heavy atom. The van der Waals surface area contributed by atoms with Gasteiger partial charge in [0.05, 0.1) is 23.9 Å². The van der Waals surface area contributed by atoms with Gasteiger partial charge in [-0.25, -0.2) is 4.98 Å². The van der Waals surface area contributed by atoms with Gasteiger partial charge in [-0.1, -0.05) is 29.8 Å². The van der Waals surface area contributed by atoms with Crippen molar-refractivity contribution in [3.63, 3.8) is 0 Å². The largest absolute Gasteiger partial charge is 0.349 e. The van der Waals surface area contributed by atoms with Crippen LogP contribution in [0.3, 0.4) is 0 Å². The first kappa shape index (κ1) is 16.6. The minimum Gasteiger partial charge on any atom is -0.349 e. The van der Waals surface area contributed by atoms with E-state index in [0.717, 1.165) is 22.0 Å². The highest BCUT2D eigenvalue weighted by molar-refractivity contribution is 7.13. The van der Waals surface area contributed by atoms with Gasteiger partial charge in [-0.05, 0) is 36.8 Å². The molecule has 4 nitrogen and oxygen atoms in total. The number of nitrogens with one attached hydrogen (secondary N) is 1. The lowest BCUT2D eigenvalue weighted by Gasteiger charge is -2.14. The average molecular weight is 358 g/mol. The first-order valence-electron chi connectivity index (χ1n) is 7.52. The van der Waals surface area contributed by atoms with E-state index < -0.39 is 0 Å². The number of nitrogens with zero attached hydrogens (tertiary/aromatic N) is 2. The maximum absolute atomic E-state index is 12.2. The Balaban J connectivity index is 1.62.